The number of methoxy groups -OCH3 is 2. The van der Waals surface area contributed by atoms with E-state index in [1.165, 1.54) is 34.2 Å². The molecule has 0 atom stereocenters. The van der Waals surface area contributed by atoms with E-state index in [0.29, 0.717) is 49.8 Å². The molecule has 4 aromatic rings. The molecule has 9 heteroatoms. The Morgan fingerprint density at radius 3 is 2.54 bits per heavy atom. The van der Waals surface area contributed by atoms with Crippen LogP contribution in [0.4, 0.5) is 16.3 Å². The van der Waals surface area contributed by atoms with Crippen LogP contribution in [0.2, 0.25) is 0 Å². The zero-order valence-corrected chi connectivity index (χ0v) is 23.2. The lowest BCUT2D eigenvalue weighted by Gasteiger charge is -2.36. The van der Waals surface area contributed by atoms with Gasteiger partial charge in [0.05, 0.1) is 25.3 Å². The first-order valence-electron chi connectivity index (χ1n) is 13.5. The zero-order chi connectivity index (χ0) is 26.8. The van der Waals surface area contributed by atoms with Gasteiger partial charge in [-0.05, 0) is 48.9 Å². The molecule has 0 radical (unpaired) electrons. The summed E-state index contributed by atoms with van der Waals surface area (Å²) in [6.45, 7) is 2.65. The summed E-state index contributed by atoms with van der Waals surface area (Å²) in [7, 11) is 3.19. The van der Waals surface area contributed by atoms with Gasteiger partial charge in [0.25, 0.3) is 0 Å². The normalized spacial score (nSPS) is 15.2. The first-order chi connectivity index (χ1) is 19.1. The second-order valence-corrected chi connectivity index (χ2v) is 11.1. The number of carbonyl (C=O) groups is 1. The maximum atomic E-state index is 13.1. The third kappa shape index (κ3) is 5.23. The number of piperazine rings is 1. The standard InChI is InChI=1S/C30H33N5O3S/c1-37-21-12-13-23(24(19-21)38-2)31-30(36)35-16-14-34(15-17-35)28-27-22-10-6-7-11-25(22)39-29(27)33-26(32-28)18-20-8-4-3-5-9-20/h3-5,8-9,12-13,19H,6-7,10-11,14-18H2,1-2H3,(H,31,36). The maximum absolute atomic E-state index is 13.1. The monoisotopic (exact) mass is 543 g/mol. The van der Waals surface area contributed by atoms with Gasteiger partial charge in [-0.1, -0.05) is 30.3 Å². The van der Waals surface area contributed by atoms with Crippen LogP contribution in [0.5, 0.6) is 11.5 Å². The molecule has 2 aliphatic rings. The Bertz CT molecular complexity index is 1480. The molecule has 3 heterocycles. The Labute approximate surface area is 232 Å². The molecule has 6 rings (SSSR count). The highest BCUT2D eigenvalue weighted by Crippen LogP contribution is 2.40. The summed E-state index contributed by atoms with van der Waals surface area (Å²) in [6, 6.07) is 15.7. The van der Waals surface area contributed by atoms with Crippen molar-refractivity contribution >= 4 is 39.1 Å². The Morgan fingerprint density at radius 1 is 0.974 bits per heavy atom. The van der Waals surface area contributed by atoms with Gasteiger partial charge in [0.2, 0.25) is 0 Å². The van der Waals surface area contributed by atoms with Crippen molar-refractivity contribution in [3.63, 3.8) is 0 Å². The van der Waals surface area contributed by atoms with E-state index < -0.39 is 0 Å². The second-order valence-electron chi connectivity index (χ2n) is 9.99. The highest BCUT2D eigenvalue weighted by atomic mass is 32.1. The van der Waals surface area contributed by atoms with Crippen molar-refractivity contribution in [3.05, 3.63) is 70.4 Å². The van der Waals surface area contributed by atoms with Crippen molar-refractivity contribution < 1.29 is 14.3 Å². The van der Waals surface area contributed by atoms with Gasteiger partial charge in [-0.3, -0.25) is 0 Å². The Balaban J connectivity index is 1.23. The van der Waals surface area contributed by atoms with E-state index in [2.05, 4.69) is 34.5 Å². The van der Waals surface area contributed by atoms with E-state index >= 15 is 0 Å². The first-order valence-corrected chi connectivity index (χ1v) is 14.3. The number of thiophene rings is 1. The Kier molecular flexibility index (Phi) is 7.24. The van der Waals surface area contributed by atoms with Crippen LogP contribution in [0.1, 0.15) is 34.7 Å². The van der Waals surface area contributed by atoms with Crippen LogP contribution in [0.3, 0.4) is 0 Å². The van der Waals surface area contributed by atoms with Gasteiger partial charge in [-0.2, -0.15) is 0 Å². The van der Waals surface area contributed by atoms with Gasteiger partial charge < -0.3 is 24.6 Å². The number of hydrogen-bond donors (Lipinski definition) is 1. The number of rotatable bonds is 6. The number of ether oxygens (including phenoxy) is 2. The number of fused-ring (bicyclic) bond motifs is 3. The van der Waals surface area contributed by atoms with Crippen LogP contribution < -0.4 is 19.7 Å². The van der Waals surface area contributed by atoms with Crippen LogP contribution in [0, 0.1) is 0 Å². The molecule has 0 spiro atoms. The van der Waals surface area contributed by atoms with Crippen molar-refractivity contribution in [1.29, 1.82) is 0 Å². The summed E-state index contributed by atoms with van der Waals surface area (Å²) in [5.74, 6) is 3.13. The number of carbonyl (C=O) groups excluding carboxylic acids is 1. The molecule has 1 fully saturated rings. The minimum Gasteiger partial charge on any atom is -0.497 e. The molecule has 39 heavy (non-hydrogen) atoms. The van der Waals surface area contributed by atoms with Crippen molar-refractivity contribution in [2.24, 2.45) is 0 Å². The van der Waals surface area contributed by atoms with E-state index in [4.69, 9.17) is 19.4 Å². The highest BCUT2D eigenvalue weighted by molar-refractivity contribution is 7.19. The van der Waals surface area contributed by atoms with Crippen LogP contribution in [-0.4, -0.2) is 61.3 Å². The molecule has 1 aliphatic carbocycles. The topological polar surface area (TPSA) is 79.8 Å². The largest absolute Gasteiger partial charge is 0.497 e. The van der Waals surface area contributed by atoms with Crippen molar-refractivity contribution in [2.45, 2.75) is 32.1 Å². The molecule has 8 nitrogen and oxygen atoms in total. The lowest BCUT2D eigenvalue weighted by atomic mass is 9.96. The van der Waals surface area contributed by atoms with Crippen molar-refractivity contribution in [3.8, 4) is 11.5 Å². The van der Waals surface area contributed by atoms with Gasteiger partial charge in [-0.25, -0.2) is 14.8 Å². The predicted octanol–water partition coefficient (Wildman–Crippen LogP) is 5.53. The molecule has 1 aliphatic heterocycles. The number of nitrogens with zero attached hydrogens (tertiary/aromatic N) is 4. The molecule has 0 saturated carbocycles. The summed E-state index contributed by atoms with van der Waals surface area (Å²) < 4.78 is 10.7. The molecule has 2 aromatic heterocycles. The molecular weight excluding hydrogens is 510 g/mol. The molecule has 1 N–H and O–H groups in total. The van der Waals surface area contributed by atoms with Gasteiger partial charge in [0, 0.05) is 43.5 Å². The lowest BCUT2D eigenvalue weighted by Crippen LogP contribution is -2.50. The van der Waals surface area contributed by atoms with Gasteiger partial charge in [-0.15, -0.1) is 11.3 Å². The number of benzene rings is 2. The summed E-state index contributed by atoms with van der Waals surface area (Å²) in [6.07, 6.45) is 5.39. The van der Waals surface area contributed by atoms with Crippen LogP contribution in [-0.2, 0) is 19.3 Å². The average Bonchev–Trinajstić information content (AvgIpc) is 3.36. The molecule has 0 bridgehead atoms. The number of nitrogens with one attached hydrogen (secondary N) is 1. The third-order valence-electron chi connectivity index (χ3n) is 7.56. The van der Waals surface area contributed by atoms with Gasteiger partial charge in [0.1, 0.15) is 28.0 Å². The van der Waals surface area contributed by atoms with E-state index in [9.17, 15) is 4.79 Å². The summed E-state index contributed by atoms with van der Waals surface area (Å²) >= 11 is 1.84. The smallest absolute Gasteiger partial charge is 0.322 e. The van der Waals surface area contributed by atoms with Crippen LogP contribution in [0.15, 0.2) is 48.5 Å². The summed E-state index contributed by atoms with van der Waals surface area (Å²) in [5.41, 5.74) is 3.27. The molecular formula is C30H33N5O3S. The van der Waals surface area contributed by atoms with E-state index in [0.717, 1.165) is 29.3 Å². The summed E-state index contributed by atoms with van der Waals surface area (Å²) in [4.78, 5) is 30.1. The number of urea groups is 1. The van der Waals surface area contributed by atoms with E-state index in [-0.39, 0.29) is 6.03 Å². The fraction of sp³-hybridized carbons (Fsp3) is 0.367. The SMILES string of the molecule is COc1ccc(NC(=O)N2CCN(c3nc(Cc4ccccc4)nc4sc5c(c34)CCCC5)CC2)c(OC)c1. The number of aryl methyl sites for hydroxylation is 2. The highest BCUT2D eigenvalue weighted by Gasteiger charge is 2.28. The molecule has 2 amide bonds. The number of hydrogen-bond acceptors (Lipinski definition) is 7. The number of amides is 2. The molecule has 1 saturated heterocycles. The van der Waals surface area contributed by atoms with Crippen molar-refractivity contribution in [2.75, 3.05) is 50.6 Å². The molecule has 2 aromatic carbocycles. The second kappa shape index (κ2) is 11.1. The van der Waals surface area contributed by atoms with Crippen LogP contribution in [0.25, 0.3) is 10.2 Å². The molecule has 202 valence electrons. The Hall–Kier alpha value is -3.85. The zero-order valence-electron chi connectivity index (χ0n) is 22.4. The predicted molar refractivity (Wildman–Crippen MR) is 156 cm³/mol. The number of aromatic nitrogens is 2. The van der Waals surface area contributed by atoms with Crippen LogP contribution >= 0.6 is 11.3 Å². The average molecular weight is 544 g/mol. The lowest BCUT2D eigenvalue weighted by molar-refractivity contribution is 0.208. The minimum absolute atomic E-state index is 0.136. The van der Waals surface area contributed by atoms with E-state index in [1.807, 2.05) is 28.4 Å². The van der Waals surface area contributed by atoms with Gasteiger partial charge >= 0.3 is 6.03 Å². The van der Waals surface area contributed by atoms with Gasteiger partial charge in [0.15, 0.2) is 0 Å². The molecule has 0 unspecified atom stereocenters. The fourth-order valence-corrected chi connectivity index (χ4v) is 6.76. The van der Waals surface area contributed by atoms with E-state index in [1.54, 1.807) is 26.4 Å². The quantitative estimate of drug-likeness (QED) is 0.344. The van der Waals surface area contributed by atoms with Crippen molar-refractivity contribution in [1.82, 2.24) is 14.9 Å². The maximum Gasteiger partial charge on any atom is 0.322 e. The summed E-state index contributed by atoms with van der Waals surface area (Å²) in [5, 5.41) is 4.23. The fourth-order valence-electron chi connectivity index (χ4n) is 5.48. The Morgan fingerprint density at radius 2 is 1.77 bits per heavy atom. The minimum atomic E-state index is -0.136. The number of anilines is 2. The third-order valence-corrected chi connectivity index (χ3v) is 8.75. The first kappa shape index (κ1) is 25.4.